The van der Waals surface area contributed by atoms with E-state index in [9.17, 15) is 18.7 Å². The third-order valence-electron chi connectivity index (χ3n) is 5.67. The summed E-state index contributed by atoms with van der Waals surface area (Å²) < 4.78 is 30.4. The van der Waals surface area contributed by atoms with E-state index >= 15 is 0 Å². The fraction of sp³-hybridized carbons (Fsp3) is 0.0769. The second kappa shape index (κ2) is 8.60. The van der Waals surface area contributed by atoms with Crippen LogP contribution in [0.3, 0.4) is 0 Å². The molecule has 0 saturated carbocycles. The summed E-state index contributed by atoms with van der Waals surface area (Å²) >= 11 is 0. The van der Waals surface area contributed by atoms with Crippen LogP contribution in [-0.2, 0) is 0 Å². The molecule has 0 unspecified atom stereocenters. The van der Waals surface area contributed by atoms with Crippen molar-refractivity contribution >= 4 is 28.5 Å². The highest BCUT2D eigenvalue weighted by atomic mass is 19.1. The number of carbonyl (C=O) groups is 1. The predicted octanol–water partition coefficient (Wildman–Crippen LogP) is 5.82. The van der Waals surface area contributed by atoms with Crippen molar-refractivity contribution in [3.8, 4) is 16.8 Å². The summed E-state index contributed by atoms with van der Waals surface area (Å²) in [5, 5.41) is 17.5. The molecule has 0 spiro atoms. The largest absolute Gasteiger partial charge is 0.478 e. The molecule has 3 aromatic carbocycles. The Morgan fingerprint density at radius 2 is 1.77 bits per heavy atom. The minimum atomic E-state index is -1.11. The summed E-state index contributed by atoms with van der Waals surface area (Å²) in [6.45, 7) is 3.51. The molecule has 0 bridgehead atoms. The number of fused-ring (bicyclic) bond motifs is 1. The smallest absolute Gasteiger partial charge is 0.337 e. The van der Waals surface area contributed by atoms with Gasteiger partial charge in [0.2, 0.25) is 0 Å². The monoisotopic (exact) mass is 471 g/mol. The van der Waals surface area contributed by atoms with Gasteiger partial charge in [0.25, 0.3) is 0 Å². The summed E-state index contributed by atoms with van der Waals surface area (Å²) in [6, 6.07) is 13.8. The number of hydrogen-bond acceptors (Lipinski definition) is 5. The molecule has 0 atom stereocenters. The lowest BCUT2D eigenvalue weighted by Gasteiger charge is -2.16. The minimum Gasteiger partial charge on any atom is -0.478 e. The predicted molar refractivity (Wildman–Crippen MR) is 128 cm³/mol. The average Bonchev–Trinajstić information content (AvgIpc) is 3.14. The van der Waals surface area contributed by atoms with Crippen LogP contribution in [0.25, 0.3) is 27.8 Å². The van der Waals surface area contributed by atoms with Gasteiger partial charge in [-0.05, 0) is 67.4 Å². The average molecular weight is 471 g/mol. The van der Waals surface area contributed by atoms with Crippen LogP contribution in [0.4, 0.5) is 20.3 Å². The van der Waals surface area contributed by atoms with E-state index < -0.39 is 17.6 Å². The molecule has 2 N–H and O–H groups in total. The lowest BCUT2D eigenvalue weighted by atomic mass is 10.0. The minimum absolute atomic E-state index is 0.0511. The highest BCUT2D eigenvalue weighted by molar-refractivity contribution is 5.96. The van der Waals surface area contributed by atoms with Gasteiger partial charge in [0, 0.05) is 18.0 Å². The summed E-state index contributed by atoms with van der Waals surface area (Å²) in [5.41, 5.74) is 3.65. The first-order valence-electron chi connectivity index (χ1n) is 10.7. The van der Waals surface area contributed by atoms with Crippen LogP contribution in [0.15, 0.2) is 67.0 Å². The summed E-state index contributed by atoms with van der Waals surface area (Å²) in [5.74, 6) is -1.65. The number of aromatic nitrogens is 4. The van der Waals surface area contributed by atoms with E-state index in [-0.39, 0.29) is 11.1 Å². The Balaban J connectivity index is 1.78. The lowest BCUT2D eigenvalue weighted by Crippen LogP contribution is -2.08. The molecule has 0 aliphatic heterocycles. The second-order valence-electron chi connectivity index (χ2n) is 8.01. The lowest BCUT2D eigenvalue weighted by molar-refractivity contribution is 0.0698. The van der Waals surface area contributed by atoms with Gasteiger partial charge in [-0.15, -0.1) is 0 Å². The van der Waals surface area contributed by atoms with Crippen LogP contribution in [0.1, 0.15) is 21.6 Å². The number of aryl methyl sites for hydroxylation is 2. The van der Waals surface area contributed by atoms with Crippen molar-refractivity contribution in [3.05, 3.63) is 95.4 Å². The van der Waals surface area contributed by atoms with Gasteiger partial charge in [0.05, 0.1) is 28.1 Å². The number of nitrogens with one attached hydrogen (secondary N) is 1. The summed E-state index contributed by atoms with van der Waals surface area (Å²) in [6.07, 6.45) is 2.90. The Hall–Kier alpha value is -4.66. The Morgan fingerprint density at radius 1 is 1.00 bits per heavy atom. The van der Waals surface area contributed by atoms with E-state index in [2.05, 4.69) is 20.4 Å². The molecule has 0 aliphatic rings. The number of carboxylic acids is 1. The first kappa shape index (κ1) is 22.1. The van der Waals surface area contributed by atoms with Gasteiger partial charge in [-0.2, -0.15) is 5.10 Å². The topological polar surface area (TPSA) is 92.9 Å². The first-order valence-corrected chi connectivity index (χ1v) is 10.7. The number of aromatic carboxylic acids is 1. The number of anilines is 2. The van der Waals surface area contributed by atoms with Crippen LogP contribution < -0.4 is 5.32 Å². The zero-order valence-corrected chi connectivity index (χ0v) is 18.8. The van der Waals surface area contributed by atoms with Crippen LogP contribution in [-0.4, -0.2) is 30.8 Å². The van der Waals surface area contributed by atoms with Crippen molar-refractivity contribution in [2.45, 2.75) is 13.8 Å². The maximum atomic E-state index is 15.0. The van der Waals surface area contributed by atoms with Crippen LogP contribution in [0, 0.1) is 25.5 Å². The number of benzene rings is 3. The number of nitrogens with zero attached hydrogens (tertiary/aromatic N) is 4. The molecule has 0 aliphatic carbocycles. The van der Waals surface area contributed by atoms with E-state index in [4.69, 9.17) is 0 Å². The molecule has 174 valence electrons. The van der Waals surface area contributed by atoms with E-state index in [1.807, 2.05) is 0 Å². The van der Waals surface area contributed by atoms with Gasteiger partial charge in [-0.25, -0.2) is 23.2 Å². The zero-order valence-electron chi connectivity index (χ0n) is 18.8. The van der Waals surface area contributed by atoms with Crippen molar-refractivity contribution < 1.29 is 18.7 Å². The van der Waals surface area contributed by atoms with Gasteiger partial charge in [0.1, 0.15) is 17.2 Å². The third-order valence-corrected chi connectivity index (χ3v) is 5.67. The molecular formula is C26H19F2N5O2. The van der Waals surface area contributed by atoms with Gasteiger partial charge >= 0.3 is 5.97 Å². The number of para-hydroxylation sites is 1. The van der Waals surface area contributed by atoms with Gasteiger partial charge in [-0.3, -0.25) is 4.98 Å². The maximum absolute atomic E-state index is 15.0. The van der Waals surface area contributed by atoms with Gasteiger partial charge in [-0.1, -0.05) is 12.1 Å². The number of halogens is 2. The first-order chi connectivity index (χ1) is 16.8. The van der Waals surface area contributed by atoms with E-state index in [1.165, 1.54) is 36.7 Å². The fourth-order valence-corrected chi connectivity index (χ4v) is 4.10. The normalized spacial score (nSPS) is 11.1. The van der Waals surface area contributed by atoms with Crippen molar-refractivity contribution in [1.82, 2.24) is 19.7 Å². The van der Waals surface area contributed by atoms with E-state index in [0.29, 0.717) is 45.1 Å². The molecule has 0 radical (unpaired) electrons. The summed E-state index contributed by atoms with van der Waals surface area (Å²) in [7, 11) is 0. The second-order valence-corrected chi connectivity index (χ2v) is 8.01. The van der Waals surface area contributed by atoms with Gasteiger partial charge < -0.3 is 10.4 Å². The Labute approximate surface area is 198 Å². The zero-order chi connectivity index (χ0) is 24.7. The van der Waals surface area contributed by atoms with E-state index in [1.54, 1.807) is 48.9 Å². The quantitative estimate of drug-likeness (QED) is 0.336. The van der Waals surface area contributed by atoms with Crippen molar-refractivity contribution in [2.75, 3.05) is 5.32 Å². The van der Waals surface area contributed by atoms with Gasteiger partial charge in [0.15, 0.2) is 5.82 Å². The Bertz CT molecular complexity index is 1610. The molecule has 0 fully saturated rings. The van der Waals surface area contributed by atoms with Crippen molar-refractivity contribution in [2.24, 2.45) is 0 Å². The number of rotatable bonds is 5. The molecule has 2 heterocycles. The van der Waals surface area contributed by atoms with E-state index in [0.717, 1.165) is 0 Å². The van der Waals surface area contributed by atoms with Crippen molar-refractivity contribution in [3.63, 3.8) is 0 Å². The molecule has 35 heavy (non-hydrogen) atoms. The standard InChI is InChI=1S/C26H19F2N5O2/c1-14-11-17(27)7-8-22(14)33-25(31-20-6-4-3-5-18(20)26(34)35)23(15(2)32-33)16-12-19(28)24-21(13-16)29-9-10-30-24/h3-13,31H,1-2H3,(H,34,35). The van der Waals surface area contributed by atoms with Crippen molar-refractivity contribution in [1.29, 1.82) is 0 Å². The molecule has 7 nitrogen and oxygen atoms in total. The molecule has 0 saturated heterocycles. The highest BCUT2D eigenvalue weighted by Crippen LogP contribution is 2.38. The molecule has 5 aromatic rings. The molecule has 2 aromatic heterocycles. The third kappa shape index (κ3) is 3.97. The molecule has 9 heteroatoms. The molecule has 5 rings (SSSR count). The highest BCUT2D eigenvalue weighted by Gasteiger charge is 2.23. The molecular weight excluding hydrogens is 452 g/mol. The molecule has 0 amide bonds. The Morgan fingerprint density at radius 3 is 2.54 bits per heavy atom. The summed E-state index contributed by atoms with van der Waals surface area (Å²) in [4.78, 5) is 20.1. The maximum Gasteiger partial charge on any atom is 0.337 e. The SMILES string of the molecule is Cc1cc(F)ccc1-n1nc(C)c(-c2cc(F)c3nccnc3c2)c1Nc1ccccc1C(=O)O. The number of carboxylic acid groups (broad SMARTS) is 1. The van der Waals surface area contributed by atoms with Crippen LogP contribution in [0.5, 0.6) is 0 Å². The number of hydrogen-bond donors (Lipinski definition) is 2. The van der Waals surface area contributed by atoms with Crippen LogP contribution >= 0.6 is 0 Å². The fourth-order valence-electron chi connectivity index (χ4n) is 4.10. The van der Waals surface area contributed by atoms with Crippen LogP contribution in [0.2, 0.25) is 0 Å². The Kier molecular flexibility index (Phi) is 5.44.